The van der Waals surface area contributed by atoms with E-state index >= 15 is 0 Å². The van der Waals surface area contributed by atoms with Crippen LogP contribution in [0.15, 0.2) is 36.4 Å². The number of halogens is 1. The Labute approximate surface area is 106 Å². The summed E-state index contributed by atoms with van der Waals surface area (Å²) in [7, 11) is 0. The monoisotopic (exact) mass is 240 g/mol. The highest BCUT2D eigenvalue weighted by molar-refractivity contribution is 5.70. The minimum Gasteiger partial charge on any atom is -0.354 e. The summed E-state index contributed by atoms with van der Waals surface area (Å²) >= 11 is 0. The van der Waals surface area contributed by atoms with E-state index in [1.54, 1.807) is 25.1 Å². The SMILES string of the molecule is Cc1cc(Nc2c(C)cccc2C#N)ccc1F. The number of anilines is 2. The Morgan fingerprint density at radius 1 is 1.11 bits per heavy atom. The number of benzene rings is 2. The zero-order valence-corrected chi connectivity index (χ0v) is 10.3. The quantitative estimate of drug-likeness (QED) is 0.859. The first-order chi connectivity index (χ1) is 8.61. The molecule has 0 radical (unpaired) electrons. The minimum atomic E-state index is -0.231. The predicted molar refractivity (Wildman–Crippen MR) is 70.3 cm³/mol. The average Bonchev–Trinajstić information content (AvgIpc) is 2.36. The van der Waals surface area contributed by atoms with Crippen molar-refractivity contribution >= 4 is 11.4 Å². The van der Waals surface area contributed by atoms with Crippen LogP contribution < -0.4 is 5.32 Å². The highest BCUT2D eigenvalue weighted by atomic mass is 19.1. The molecule has 1 N–H and O–H groups in total. The van der Waals surface area contributed by atoms with Gasteiger partial charge in [-0.15, -0.1) is 0 Å². The molecule has 0 amide bonds. The highest BCUT2D eigenvalue weighted by Gasteiger charge is 2.06. The average molecular weight is 240 g/mol. The van der Waals surface area contributed by atoms with E-state index in [1.807, 2.05) is 19.1 Å². The predicted octanol–water partition coefficient (Wildman–Crippen LogP) is 4.06. The molecular weight excluding hydrogens is 227 g/mol. The van der Waals surface area contributed by atoms with Crippen molar-refractivity contribution in [3.8, 4) is 6.07 Å². The van der Waals surface area contributed by atoms with Gasteiger partial charge in [0.15, 0.2) is 0 Å². The Morgan fingerprint density at radius 3 is 2.56 bits per heavy atom. The van der Waals surface area contributed by atoms with E-state index in [0.29, 0.717) is 11.1 Å². The second-order valence-electron chi connectivity index (χ2n) is 4.20. The molecule has 2 aromatic rings. The summed E-state index contributed by atoms with van der Waals surface area (Å²) in [5.74, 6) is -0.231. The fraction of sp³-hybridized carbons (Fsp3) is 0.133. The molecule has 2 rings (SSSR count). The van der Waals surface area contributed by atoms with E-state index in [9.17, 15) is 4.39 Å². The van der Waals surface area contributed by atoms with E-state index in [1.165, 1.54) is 6.07 Å². The van der Waals surface area contributed by atoms with Crippen LogP contribution >= 0.6 is 0 Å². The molecule has 0 spiro atoms. The molecule has 90 valence electrons. The van der Waals surface area contributed by atoms with E-state index in [0.717, 1.165) is 16.9 Å². The maximum Gasteiger partial charge on any atom is 0.126 e. The lowest BCUT2D eigenvalue weighted by atomic mass is 10.1. The number of hydrogen-bond acceptors (Lipinski definition) is 2. The summed E-state index contributed by atoms with van der Waals surface area (Å²) in [5.41, 5.74) is 3.69. The molecule has 3 heteroatoms. The zero-order valence-electron chi connectivity index (χ0n) is 10.3. The van der Waals surface area contributed by atoms with Gasteiger partial charge in [0.2, 0.25) is 0 Å². The van der Waals surface area contributed by atoms with Gasteiger partial charge in [-0.1, -0.05) is 12.1 Å². The molecular formula is C15H13FN2. The summed E-state index contributed by atoms with van der Waals surface area (Å²) < 4.78 is 13.2. The molecule has 0 saturated carbocycles. The first-order valence-corrected chi connectivity index (χ1v) is 5.64. The first kappa shape index (κ1) is 12.1. The van der Waals surface area contributed by atoms with Gasteiger partial charge in [0.25, 0.3) is 0 Å². The van der Waals surface area contributed by atoms with Crippen LogP contribution in [-0.2, 0) is 0 Å². The second kappa shape index (κ2) is 4.89. The van der Waals surface area contributed by atoms with E-state index in [-0.39, 0.29) is 5.82 Å². The summed E-state index contributed by atoms with van der Waals surface area (Å²) in [6.07, 6.45) is 0. The number of nitrogens with one attached hydrogen (secondary N) is 1. The van der Waals surface area contributed by atoms with Crippen molar-refractivity contribution in [1.29, 1.82) is 5.26 Å². The van der Waals surface area contributed by atoms with Crippen LogP contribution in [0.1, 0.15) is 16.7 Å². The first-order valence-electron chi connectivity index (χ1n) is 5.64. The van der Waals surface area contributed by atoms with Gasteiger partial charge < -0.3 is 5.32 Å². The van der Waals surface area contributed by atoms with Crippen LogP contribution in [0, 0.1) is 31.0 Å². The van der Waals surface area contributed by atoms with Crippen molar-refractivity contribution < 1.29 is 4.39 Å². The maximum atomic E-state index is 13.2. The van der Waals surface area contributed by atoms with Crippen LogP contribution in [-0.4, -0.2) is 0 Å². The van der Waals surface area contributed by atoms with Crippen LogP contribution in [0.25, 0.3) is 0 Å². The van der Waals surface area contributed by atoms with E-state index in [2.05, 4.69) is 11.4 Å². The summed E-state index contributed by atoms with van der Waals surface area (Å²) in [5, 5.41) is 12.2. The molecule has 0 heterocycles. The third-order valence-corrected chi connectivity index (χ3v) is 2.82. The lowest BCUT2D eigenvalue weighted by Crippen LogP contribution is -1.97. The van der Waals surface area contributed by atoms with Crippen LogP contribution in [0.2, 0.25) is 0 Å². The van der Waals surface area contributed by atoms with Gasteiger partial charge in [-0.3, -0.25) is 0 Å². The van der Waals surface area contributed by atoms with Crippen molar-refractivity contribution in [3.05, 3.63) is 58.9 Å². The fourth-order valence-electron chi connectivity index (χ4n) is 1.79. The lowest BCUT2D eigenvalue weighted by molar-refractivity contribution is 0.619. The van der Waals surface area contributed by atoms with Crippen molar-refractivity contribution in [1.82, 2.24) is 0 Å². The third-order valence-electron chi connectivity index (χ3n) is 2.82. The van der Waals surface area contributed by atoms with Crippen LogP contribution in [0.5, 0.6) is 0 Å². The Hall–Kier alpha value is -2.34. The third kappa shape index (κ3) is 2.33. The van der Waals surface area contributed by atoms with Gasteiger partial charge in [0, 0.05) is 5.69 Å². The normalized spacial score (nSPS) is 9.89. The minimum absolute atomic E-state index is 0.231. The molecule has 0 bridgehead atoms. The smallest absolute Gasteiger partial charge is 0.126 e. The molecule has 0 unspecified atom stereocenters. The van der Waals surface area contributed by atoms with E-state index in [4.69, 9.17) is 5.26 Å². The van der Waals surface area contributed by atoms with Crippen molar-refractivity contribution in [2.75, 3.05) is 5.32 Å². The largest absolute Gasteiger partial charge is 0.354 e. The highest BCUT2D eigenvalue weighted by Crippen LogP contribution is 2.25. The molecule has 0 aliphatic rings. The maximum absolute atomic E-state index is 13.2. The molecule has 2 nitrogen and oxygen atoms in total. The Morgan fingerprint density at radius 2 is 1.89 bits per heavy atom. The molecule has 0 saturated heterocycles. The summed E-state index contributed by atoms with van der Waals surface area (Å²) in [6.45, 7) is 3.64. The number of para-hydroxylation sites is 1. The standard InChI is InChI=1S/C15H13FN2/c1-10-4-3-5-12(9-17)15(10)18-13-6-7-14(16)11(2)8-13/h3-8,18H,1-2H3. The number of nitrogens with zero attached hydrogens (tertiary/aromatic N) is 1. The Kier molecular flexibility index (Phi) is 3.29. The molecule has 0 aliphatic carbocycles. The molecule has 0 aromatic heterocycles. The Balaban J connectivity index is 2.40. The number of hydrogen-bond donors (Lipinski definition) is 1. The van der Waals surface area contributed by atoms with Gasteiger partial charge in [0.05, 0.1) is 11.3 Å². The number of aryl methyl sites for hydroxylation is 2. The Bertz CT molecular complexity index is 627. The van der Waals surface area contributed by atoms with Crippen LogP contribution in [0.4, 0.5) is 15.8 Å². The van der Waals surface area contributed by atoms with Gasteiger partial charge in [-0.05, 0) is 49.2 Å². The molecule has 0 atom stereocenters. The lowest BCUT2D eigenvalue weighted by Gasteiger charge is -2.12. The molecule has 2 aromatic carbocycles. The topological polar surface area (TPSA) is 35.8 Å². The second-order valence-corrected chi connectivity index (χ2v) is 4.20. The van der Waals surface area contributed by atoms with E-state index < -0.39 is 0 Å². The fourth-order valence-corrected chi connectivity index (χ4v) is 1.79. The van der Waals surface area contributed by atoms with Crippen molar-refractivity contribution in [2.45, 2.75) is 13.8 Å². The summed E-state index contributed by atoms with van der Waals surface area (Å²) in [6, 6.07) is 12.5. The van der Waals surface area contributed by atoms with Gasteiger partial charge in [-0.25, -0.2) is 4.39 Å². The van der Waals surface area contributed by atoms with Gasteiger partial charge >= 0.3 is 0 Å². The number of rotatable bonds is 2. The molecule has 18 heavy (non-hydrogen) atoms. The molecule has 0 aliphatic heterocycles. The zero-order chi connectivity index (χ0) is 13.1. The summed E-state index contributed by atoms with van der Waals surface area (Å²) in [4.78, 5) is 0. The van der Waals surface area contributed by atoms with Crippen molar-refractivity contribution in [2.24, 2.45) is 0 Å². The molecule has 0 fully saturated rings. The van der Waals surface area contributed by atoms with Gasteiger partial charge in [0.1, 0.15) is 11.9 Å². The number of nitriles is 1. The van der Waals surface area contributed by atoms with Crippen LogP contribution in [0.3, 0.4) is 0 Å². The van der Waals surface area contributed by atoms with Crippen molar-refractivity contribution in [3.63, 3.8) is 0 Å². The van der Waals surface area contributed by atoms with Gasteiger partial charge in [-0.2, -0.15) is 5.26 Å².